The van der Waals surface area contributed by atoms with Gasteiger partial charge in [-0.15, -0.1) is 10.2 Å². The third kappa shape index (κ3) is 4.23. The molecule has 0 unspecified atom stereocenters. The minimum Gasteiger partial charge on any atom is -0.493 e. The van der Waals surface area contributed by atoms with E-state index in [0.717, 1.165) is 11.8 Å². The lowest BCUT2D eigenvalue weighted by molar-refractivity contribution is 0.111. The van der Waals surface area contributed by atoms with Gasteiger partial charge in [0.15, 0.2) is 17.8 Å². The second-order valence-corrected chi connectivity index (χ2v) is 6.48. The van der Waals surface area contributed by atoms with Crippen LogP contribution in [-0.4, -0.2) is 36.0 Å². The van der Waals surface area contributed by atoms with Crippen LogP contribution in [0.3, 0.4) is 0 Å². The van der Waals surface area contributed by atoms with Gasteiger partial charge in [-0.25, -0.2) is 0 Å². The van der Waals surface area contributed by atoms with Gasteiger partial charge in [0.1, 0.15) is 0 Å². The summed E-state index contributed by atoms with van der Waals surface area (Å²) in [6, 6.07) is 13.1. The highest BCUT2D eigenvalue weighted by Crippen LogP contribution is 2.30. The van der Waals surface area contributed by atoms with Crippen LogP contribution in [0.5, 0.6) is 11.5 Å². The average molecular weight is 370 g/mol. The minimum atomic E-state index is 0.369. The van der Waals surface area contributed by atoms with Crippen LogP contribution in [0.4, 0.5) is 0 Å². The van der Waals surface area contributed by atoms with E-state index in [9.17, 15) is 4.79 Å². The first-order chi connectivity index (χ1) is 12.7. The number of benzene rings is 2. The molecule has 0 fully saturated rings. The van der Waals surface area contributed by atoms with Crippen LogP contribution in [0.1, 0.15) is 15.9 Å². The molecule has 0 atom stereocenters. The van der Waals surface area contributed by atoms with Crippen LogP contribution in [0.2, 0.25) is 0 Å². The summed E-state index contributed by atoms with van der Waals surface area (Å²) in [7, 11) is 1.54. The lowest BCUT2D eigenvalue weighted by Crippen LogP contribution is -2.04. The van der Waals surface area contributed by atoms with E-state index >= 15 is 0 Å². The molecular formula is C19H18N2O4S. The summed E-state index contributed by atoms with van der Waals surface area (Å²) in [4.78, 5) is 11.1. The van der Waals surface area contributed by atoms with Gasteiger partial charge < -0.3 is 13.9 Å². The number of aryl methyl sites for hydroxylation is 1. The van der Waals surface area contributed by atoms with Crippen molar-refractivity contribution in [3.8, 4) is 23.0 Å². The maximum Gasteiger partial charge on any atom is 0.276 e. The number of ether oxygens (including phenoxy) is 2. The lowest BCUT2D eigenvalue weighted by Gasteiger charge is -2.11. The van der Waals surface area contributed by atoms with E-state index in [1.807, 2.05) is 31.2 Å². The number of nitrogens with zero attached hydrogens (tertiary/aromatic N) is 2. The molecule has 3 aromatic rings. The monoisotopic (exact) mass is 370 g/mol. The molecule has 0 N–H and O–H groups in total. The van der Waals surface area contributed by atoms with Crippen molar-refractivity contribution in [2.24, 2.45) is 0 Å². The van der Waals surface area contributed by atoms with E-state index in [4.69, 9.17) is 13.9 Å². The first-order valence-electron chi connectivity index (χ1n) is 7.99. The van der Waals surface area contributed by atoms with Gasteiger partial charge in [0, 0.05) is 11.3 Å². The SMILES string of the molecule is COc1cccc(C=O)c1OCCSc1nnc(-c2ccc(C)cc2)o1. The molecule has 0 saturated carbocycles. The number of aromatic nitrogens is 2. The number of para-hydroxylation sites is 1. The molecule has 0 aliphatic carbocycles. The molecule has 0 aliphatic heterocycles. The molecule has 134 valence electrons. The third-order valence-electron chi connectivity index (χ3n) is 3.62. The van der Waals surface area contributed by atoms with Crippen molar-refractivity contribution in [1.82, 2.24) is 10.2 Å². The maximum atomic E-state index is 11.1. The predicted octanol–water partition coefficient (Wildman–Crippen LogP) is 4.04. The number of carbonyl (C=O) groups excluding carboxylic acids is 1. The van der Waals surface area contributed by atoms with Gasteiger partial charge >= 0.3 is 0 Å². The van der Waals surface area contributed by atoms with Gasteiger partial charge in [0.05, 0.1) is 19.3 Å². The summed E-state index contributed by atoms with van der Waals surface area (Å²) in [6.07, 6.45) is 0.747. The van der Waals surface area contributed by atoms with Crippen LogP contribution in [0, 0.1) is 6.92 Å². The molecule has 3 rings (SSSR count). The number of thioether (sulfide) groups is 1. The fraction of sp³-hybridized carbons (Fsp3) is 0.211. The summed E-state index contributed by atoms with van der Waals surface area (Å²) in [5.74, 6) is 2.04. The van der Waals surface area contributed by atoms with Gasteiger partial charge in [-0.05, 0) is 31.2 Å². The summed E-state index contributed by atoms with van der Waals surface area (Å²) in [5.41, 5.74) is 2.51. The molecule has 0 spiro atoms. The zero-order valence-corrected chi connectivity index (χ0v) is 15.3. The van der Waals surface area contributed by atoms with Crippen molar-refractivity contribution in [2.45, 2.75) is 12.1 Å². The standard InChI is InChI=1S/C19H18N2O4S/c1-13-6-8-14(9-7-13)18-20-21-19(25-18)26-11-10-24-17-15(12-22)4-3-5-16(17)23-2/h3-9,12H,10-11H2,1-2H3. The van der Waals surface area contributed by atoms with Crippen molar-refractivity contribution in [1.29, 1.82) is 0 Å². The molecule has 6 nitrogen and oxygen atoms in total. The van der Waals surface area contributed by atoms with Crippen molar-refractivity contribution in [2.75, 3.05) is 19.5 Å². The first kappa shape index (κ1) is 18.0. The average Bonchev–Trinajstić information content (AvgIpc) is 3.14. The lowest BCUT2D eigenvalue weighted by atomic mass is 10.1. The number of carbonyl (C=O) groups is 1. The van der Waals surface area contributed by atoms with Crippen molar-refractivity contribution in [3.05, 3.63) is 53.6 Å². The van der Waals surface area contributed by atoms with Crippen LogP contribution in [-0.2, 0) is 0 Å². The van der Waals surface area contributed by atoms with E-state index < -0.39 is 0 Å². The first-order valence-corrected chi connectivity index (χ1v) is 8.98. The Balaban J connectivity index is 1.56. The van der Waals surface area contributed by atoms with Crippen LogP contribution in [0.15, 0.2) is 52.1 Å². The fourth-order valence-corrected chi connectivity index (χ4v) is 2.87. The molecule has 1 heterocycles. The molecule has 26 heavy (non-hydrogen) atoms. The summed E-state index contributed by atoms with van der Waals surface area (Å²) in [6.45, 7) is 2.39. The van der Waals surface area contributed by atoms with E-state index in [1.54, 1.807) is 18.2 Å². The van der Waals surface area contributed by atoms with E-state index in [1.165, 1.54) is 24.4 Å². The zero-order chi connectivity index (χ0) is 18.4. The Labute approximate surface area is 155 Å². The predicted molar refractivity (Wildman–Crippen MR) is 99.1 cm³/mol. The molecule has 0 amide bonds. The van der Waals surface area contributed by atoms with E-state index in [-0.39, 0.29) is 0 Å². The van der Waals surface area contributed by atoms with Crippen molar-refractivity contribution in [3.63, 3.8) is 0 Å². The Hall–Kier alpha value is -2.80. The minimum absolute atomic E-state index is 0.369. The second-order valence-electron chi connectivity index (χ2n) is 5.43. The largest absolute Gasteiger partial charge is 0.493 e. The maximum absolute atomic E-state index is 11.1. The van der Waals surface area contributed by atoms with Gasteiger partial charge in [0.25, 0.3) is 5.22 Å². The molecule has 1 aromatic heterocycles. The van der Waals surface area contributed by atoms with Crippen molar-refractivity contribution < 1.29 is 18.7 Å². The summed E-state index contributed by atoms with van der Waals surface area (Å²) >= 11 is 1.39. The molecule has 7 heteroatoms. The number of hydrogen-bond acceptors (Lipinski definition) is 7. The fourth-order valence-electron chi connectivity index (χ4n) is 2.29. The van der Waals surface area contributed by atoms with Crippen LogP contribution >= 0.6 is 11.8 Å². The third-order valence-corrected chi connectivity index (χ3v) is 4.40. The van der Waals surface area contributed by atoms with E-state index in [0.29, 0.717) is 40.5 Å². The Morgan fingerprint density at radius 3 is 2.69 bits per heavy atom. The number of aldehydes is 1. The number of hydrogen-bond donors (Lipinski definition) is 0. The zero-order valence-electron chi connectivity index (χ0n) is 14.5. The van der Waals surface area contributed by atoms with Crippen LogP contribution in [0.25, 0.3) is 11.5 Å². The van der Waals surface area contributed by atoms with E-state index in [2.05, 4.69) is 10.2 Å². The highest BCUT2D eigenvalue weighted by molar-refractivity contribution is 7.99. The molecular weight excluding hydrogens is 352 g/mol. The smallest absolute Gasteiger partial charge is 0.276 e. The van der Waals surface area contributed by atoms with Gasteiger partial charge in [-0.2, -0.15) is 0 Å². The molecule has 0 saturated heterocycles. The topological polar surface area (TPSA) is 74.5 Å². The second kappa shape index (κ2) is 8.53. The Bertz CT molecular complexity index is 878. The number of rotatable bonds is 8. The van der Waals surface area contributed by atoms with Crippen molar-refractivity contribution >= 4 is 18.0 Å². The summed E-state index contributed by atoms with van der Waals surface area (Å²) in [5, 5.41) is 8.57. The normalized spacial score (nSPS) is 10.5. The molecule has 0 aliphatic rings. The summed E-state index contributed by atoms with van der Waals surface area (Å²) < 4.78 is 16.6. The Morgan fingerprint density at radius 1 is 1.15 bits per heavy atom. The van der Waals surface area contributed by atoms with Gasteiger partial charge in [-0.1, -0.05) is 35.5 Å². The number of methoxy groups -OCH3 is 1. The van der Waals surface area contributed by atoms with Crippen LogP contribution < -0.4 is 9.47 Å². The highest BCUT2D eigenvalue weighted by Gasteiger charge is 2.11. The molecule has 2 aromatic carbocycles. The Morgan fingerprint density at radius 2 is 1.96 bits per heavy atom. The van der Waals surface area contributed by atoms with Gasteiger partial charge in [0.2, 0.25) is 5.89 Å². The Kier molecular flexibility index (Phi) is 5.91. The molecule has 0 radical (unpaired) electrons. The van der Waals surface area contributed by atoms with Gasteiger partial charge in [-0.3, -0.25) is 4.79 Å². The quantitative estimate of drug-likeness (QED) is 0.336. The molecule has 0 bridgehead atoms. The highest BCUT2D eigenvalue weighted by atomic mass is 32.2.